The van der Waals surface area contributed by atoms with Crippen LogP contribution in [0.3, 0.4) is 0 Å². The summed E-state index contributed by atoms with van der Waals surface area (Å²) in [4.78, 5) is 10.7. The Morgan fingerprint density at radius 3 is 2.20 bits per heavy atom. The fourth-order valence-corrected chi connectivity index (χ4v) is 2.25. The van der Waals surface area contributed by atoms with Crippen LogP contribution in [0.4, 0.5) is 26.3 Å². The van der Waals surface area contributed by atoms with Crippen molar-refractivity contribution in [2.75, 3.05) is 0 Å². The van der Waals surface area contributed by atoms with Crippen LogP contribution in [0.1, 0.15) is 16.7 Å². The first kappa shape index (κ1) is 18.4. The minimum absolute atomic E-state index is 0.286. The molecule has 1 aromatic carbocycles. The molecule has 0 amide bonds. The Labute approximate surface area is 136 Å². The summed E-state index contributed by atoms with van der Waals surface area (Å²) < 4.78 is 78.9. The normalized spacial score (nSPS) is 12.0. The van der Waals surface area contributed by atoms with E-state index >= 15 is 0 Å². The van der Waals surface area contributed by atoms with Crippen molar-refractivity contribution in [2.24, 2.45) is 0 Å². The number of hydrogen-bond donors (Lipinski definition) is 1. The number of nitriles is 1. The van der Waals surface area contributed by atoms with Gasteiger partial charge in [0, 0.05) is 18.0 Å². The summed E-state index contributed by atoms with van der Waals surface area (Å²) >= 11 is 0. The zero-order valence-electron chi connectivity index (χ0n) is 12.1. The van der Waals surface area contributed by atoms with E-state index in [-0.39, 0.29) is 11.6 Å². The van der Waals surface area contributed by atoms with Gasteiger partial charge in [-0.15, -0.1) is 0 Å². The molecule has 0 aliphatic heterocycles. The van der Waals surface area contributed by atoms with E-state index in [0.29, 0.717) is 12.1 Å². The molecule has 0 saturated heterocycles. The Kier molecular flexibility index (Phi) is 4.53. The van der Waals surface area contributed by atoms with E-state index in [2.05, 4.69) is 0 Å². The monoisotopic (exact) mass is 362 g/mol. The fourth-order valence-electron chi connectivity index (χ4n) is 2.25. The summed E-state index contributed by atoms with van der Waals surface area (Å²) in [6.45, 7) is -0.658. The van der Waals surface area contributed by atoms with Crippen molar-refractivity contribution >= 4 is 5.97 Å². The lowest BCUT2D eigenvalue weighted by Crippen LogP contribution is -2.11. The van der Waals surface area contributed by atoms with Crippen LogP contribution < -0.4 is 0 Å². The highest BCUT2D eigenvalue weighted by molar-refractivity contribution is 5.75. The summed E-state index contributed by atoms with van der Waals surface area (Å²) in [6.07, 6.45) is -7.97. The van der Waals surface area contributed by atoms with Crippen LogP contribution in [0.5, 0.6) is 0 Å². The number of carboxylic acid groups (broad SMARTS) is 1. The molecule has 0 aliphatic carbocycles. The van der Waals surface area contributed by atoms with Gasteiger partial charge in [-0.1, -0.05) is 0 Å². The average Bonchev–Trinajstić information content (AvgIpc) is 2.86. The number of hydrogen-bond acceptors (Lipinski definition) is 2. The Balaban J connectivity index is 2.74. The van der Waals surface area contributed by atoms with Crippen LogP contribution in [0.15, 0.2) is 30.6 Å². The third-order valence-electron chi connectivity index (χ3n) is 3.26. The molecule has 1 aromatic heterocycles. The quantitative estimate of drug-likeness (QED) is 0.835. The van der Waals surface area contributed by atoms with Gasteiger partial charge in [-0.25, -0.2) is 0 Å². The minimum atomic E-state index is -4.96. The van der Waals surface area contributed by atoms with Crippen molar-refractivity contribution in [2.45, 2.75) is 18.9 Å². The van der Waals surface area contributed by atoms with Gasteiger partial charge in [0.15, 0.2) is 0 Å². The van der Waals surface area contributed by atoms with Crippen molar-refractivity contribution in [3.8, 4) is 17.2 Å². The molecule has 0 unspecified atom stereocenters. The van der Waals surface area contributed by atoms with Crippen LogP contribution >= 0.6 is 0 Å². The van der Waals surface area contributed by atoms with Gasteiger partial charge < -0.3 is 9.67 Å². The number of rotatable bonds is 3. The Morgan fingerprint density at radius 1 is 1.08 bits per heavy atom. The highest BCUT2D eigenvalue weighted by Crippen LogP contribution is 2.41. The molecule has 0 fully saturated rings. The topological polar surface area (TPSA) is 66.0 Å². The molecule has 0 radical (unpaired) electrons. The van der Waals surface area contributed by atoms with Crippen molar-refractivity contribution < 1.29 is 36.2 Å². The molecule has 0 atom stereocenters. The molecule has 0 saturated carbocycles. The van der Waals surface area contributed by atoms with Gasteiger partial charge in [-0.2, -0.15) is 31.6 Å². The van der Waals surface area contributed by atoms with Gasteiger partial charge in [0.25, 0.3) is 0 Å². The van der Waals surface area contributed by atoms with Gasteiger partial charge in [0.2, 0.25) is 0 Å². The predicted octanol–water partition coefficient (Wildman–Crippen LogP) is 4.15. The number of benzene rings is 1. The summed E-state index contributed by atoms with van der Waals surface area (Å²) in [5, 5.41) is 17.7. The first-order chi connectivity index (χ1) is 11.4. The zero-order valence-corrected chi connectivity index (χ0v) is 12.1. The molecular formula is C15H8F6N2O2. The van der Waals surface area contributed by atoms with E-state index in [0.717, 1.165) is 17.0 Å². The maximum absolute atomic E-state index is 13.1. The number of halogens is 6. The van der Waals surface area contributed by atoms with Crippen LogP contribution in [-0.2, 0) is 23.7 Å². The van der Waals surface area contributed by atoms with E-state index in [1.807, 2.05) is 0 Å². The smallest absolute Gasteiger partial charge is 0.417 e. The second kappa shape index (κ2) is 6.16. The van der Waals surface area contributed by atoms with E-state index < -0.39 is 47.1 Å². The Bertz CT molecular complexity index is 858. The molecule has 132 valence electrons. The first-order valence-corrected chi connectivity index (χ1v) is 6.54. The van der Waals surface area contributed by atoms with Crippen LogP contribution in [-0.4, -0.2) is 15.6 Å². The second-order valence-electron chi connectivity index (χ2n) is 5.02. The predicted molar refractivity (Wildman–Crippen MR) is 72.2 cm³/mol. The van der Waals surface area contributed by atoms with Crippen molar-refractivity contribution in [3.05, 3.63) is 47.3 Å². The van der Waals surface area contributed by atoms with Crippen LogP contribution in [0, 0.1) is 11.3 Å². The molecule has 2 aromatic rings. The number of carbonyl (C=O) groups is 1. The third-order valence-corrected chi connectivity index (χ3v) is 3.26. The largest absolute Gasteiger partial charge is 0.480 e. The zero-order chi connectivity index (χ0) is 19.0. The summed E-state index contributed by atoms with van der Waals surface area (Å²) in [5.41, 5.74) is -4.31. The molecule has 1 heterocycles. The molecule has 1 N–H and O–H groups in total. The van der Waals surface area contributed by atoms with Gasteiger partial charge in [-0.3, -0.25) is 4.79 Å². The standard InChI is InChI=1S/C15H8F6N2O2/c16-14(17,18)9-1-2-12(15(19,20)21)10(3-9)11-6-23(7-13(24)25)5-8(11)4-22/h1-3,5-6H,7H2,(H,24,25). The van der Waals surface area contributed by atoms with Crippen molar-refractivity contribution in [3.63, 3.8) is 0 Å². The SMILES string of the molecule is N#Cc1cn(CC(=O)O)cc1-c1cc(C(F)(F)F)ccc1C(F)(F)F. The van der Waals surface area contributed by atoms with Gasteiger partial charge >= 0.3 is 18.3 Å². The second-order valence-corrected chi connectivity index (χ2v) is 5.02. The number of nitrogens with zero attached hydrogens (tertiary/aromatic N) is 2. The summed E-state index contributed by atoms with van der Waals surface area (Å²) in [7, 11) is 0. The lowest BCUT2D eigenvalue weighted by atomic mass is 9.96. The molecule has 2 rings (SSSR count). The number of aromatic nitrogens is 1. The maximum atomic E-state index is 13.1. The molecule has 25 heavy (non-hydrogen) atoms. The van der Waals surface area contributed by atoms with Gasteiger partial charge in [0.1, 0.15) is 12.6 Å². The Hall–Kier alpha value is -2.96. The minimum Gasteiger partial charge on any atom is -0.480 e. The number of aliphatic carboxylic acids is 1. The van der Waals surface area contributed by atoms with Crippen LogP contribution in [0.2, 0.25) is 0 Å². The first-order valence-electron chi connectivity index (χ1n) is 6.54. The summed E-state index contributed by atoms with van der Waals surface area (Å²) in [5.74, 6) is -1.33. The molecular weight excluding hydrogens is 354 g/mol. The van der Waals surface area contributed by atoms with E-state index in [1.54, 1.807) is 6.07 Å². The molecule has 0 spiro atoms. The number of alkyl halides is 6. The lowest BCUT2D eigenvalue weighted by Gasteiger charge is -2.15. The Morgan fingerprint density at radius 2 is 1.72 bits per heavy atom. The van der Waals surface area contributed by atoms with Gasteiger partial charge in [0.05, 0.1) is 16.7 Å². The highest BCUT2D eigenvalue weighted by Gasteiger charge is 2.38. The third kappa shape index (κ3) is 3.93. The highest BCUT2D eigenvalue weighted by atomic mass is 19.4. The molecule has 0 bridgehead atoms. The number of carboxylic acids is 1. The average molecular weight is 362 g/mol. The molecule has 10 heteroatoms. The maximum Gasteiger partial charge on any atom is 0.417 e. The molecule has 0 aliphatic rings. The van der Waals surface area contributed by atoms with E-state index in [1.165, 1.54) is 0 Å². The van der Waals surface area contributed by atoms with E-state index in [4.69, 9.17) is 10.4 Å². The van der Waals surface area contributed by atoms with E-state index in [9.17, 15) is 31.1 Å². The summed E-state index contributed by atoms with van der Waals surface area (Å²) in [6, 6.07) is 2.44. The molecule has 4 nitrogen and oxygen atoms in total. The van der Waals surface area contributed by atoms with Gasteiger partial charge in [-0.05, 0) is 23.8 Å². The van der Waals surface area contributed by atoms with Crippen molar-refractivity contribution in [1.29, 1.82) is 5.26 Å². The van der Waals surface area contributed by atoms with Crippen molar-refractivity contribution in [1.82, 2.24) is 4.57 Å². The fraction of sp³-hybridized carbons (Fsp3) is 0.200. The lowest BCUT2D eigenvalue weighted by molar-refractivity contribution is -0.141. The van der Waals surface area contributed by atoms with Crippen LogP contribution in [0.25, 0.3) is 11.1 Å².